The van der Waals surface area contributed by atoms with Gasteiger partial charge in [0.05, 0.1) is 11.4 Å². The van der Waals surface area contributed by atoms with E-state index in [-0.39, 0.29) is 18.2 Å². The molecule has 2 aromatic rings. The minimum atomic E-state index is -0.447. The number of amides is 1. The number of rotatable bonds is 4. The molecular formula is C16H17FN2O2. The molecule has 2 rings (SSSR count). The number of benzene rings is 2. The molecular weight excluding hydrogens is 271 g/mol. The lowest BCUT2D eigenvalue weighted by Crippen LogP contribution is -2.21. The van der Waals surface area contributed by atoms with Gasteiger partial charge in [-0.25, -0.2) is 4.39 Å². The largest absolute Gasteiger partial charge is 0.483 e. The van der Waals surface area contributed by atoms with E-state index in [0.29, 0.717) is 11.4 Å². The molecule has 110 valence electrons. The van der Waals surface area contributed by atoms with Crippen molar-refractivity contribution in [3.63, 3.8) is 0 Å². The summed E-state index contributed by atoms with van der Waals surface area (Å²) in [6.07, 6.45) is 0. The first-order chi connectivity index (χ1) is 9.97. The SMILES string of the molecule is Cc1cccc(C)c1OCC(=O)Nc1ccc(F)cc1N. The zero-order chi connectivity index (χ0) is 15.4. The first kappa shape index (κ1) is 14.8. The topological polar surface area (TPSA) is 64.3 Å². The number of nitrogen functional groups attached to an aromatic ring is 1. The summed E-state index contributed by atoms with van der Waals surface area (Å²) < 4.78 is 18.5. The van der Waals surface area contributed by atoms with Gasteiger partial charge in [-0.3, -0.25) is 4.79 Å². The first-order valence-electron chi connectivity index (χ1n) is 6.51. The number of anilines is 2. The lowest BCUT2D eigenvalue weighted by atomic mass is 10.1. The van der Waals surface area contributed by atoms with Gasteiger partial charge < -0.3 is 15.8 Å². The number of hydrogen-bond acceptors (Lipinski definition) is 3. The van der Waals surface area contributed by atoms with Crippen LogP contribution in [-0.4, -0.2) is 12.5 Å². The van der Waals surface area contributed by atoms with Gasteiger partial charge in [-0.15, -0.1) is 0 Å². The number of aryl methyl sites for hydroxylation is 2. The lowest BCUT2D eigenvalue weighted by Gasteiger charge is -2.12. The first-order valence-corrected chi connectivity index (χ1v) is 6.51. The van der Waals surface area contributed by atoms with Gasteiger partial charge in [-0.2, -0.15) is 0 Å². The van der Waals surface area contributed by atoms with Crippen molar-refractivity contribution in [3.05, 3.63) is 53.3 Å². The Morgan fingerprint density at radius 2 is 1.90 bits per heavy atom. The molecule has 0 aliphatic heterocycles. The van der Waals surface area contributed by atoms with E-state index in [4.69, 9.17) is 10.5 Å². The smallest absolute Gasteiger partial charge is 0.262 e. The van der Waals surface area contributed by atoms with E-state index in [0.717, 1.165) is 17.2 Å². The number of hydrogen-bond donors (Lipinski definition) is 2. The van der Waals surface area contributed by atoms with Gasteiger partial charge in [0.15, 0.2) is 6.61 Å². The van der Waals surface area contributed by atoms with Crippen LogP contribution in [0.15, 0.2) is 36.4 Å². The fourth-order valence-electron chi connectivity index (χ4n) is 2.00. The highest BCUT2D eigenvalue weighted by Gasteiger charge is 2.09. The van der Waals surface area contributed by atoms with Crippen molar-refractivity contribution in [1.82, 2.24) is 0 Å². The number of ether oxygens (including phenoxy) is 1. The third-order valence-corrected chi connectivity index (χ3v) is 3.04. The highest BCUT2D eigenvalue weighted by atomic mass is 19.1. The maximum atomic E-state index is 12.9. The van der Waals surface area contributed by atoms with Crippen LogP contribution in [0.5, 0.6) is 5.75 Å². The average Bonchev–Trinajstić information content (AvgIpc) is 2.41. The van der Waals surface area contributed by atoms with Crippen molar-refractivity contribution in [2.45, 2.75) is 13.8 Å². The predicted molar refractivity (Wildman–Crippen MR) is 80.9 cm³/mol. The van der Waals surface area contributed by atoms with E-state index in [1.165, 1.54) is 12.1 Å². The van der Waals surface area contributed by atoms with Crippen LogP contribution >= 0.6 is 0 Å². The van der Waals surface area contributed by atoms with Gasteiger partial charge in [0.25, 0.3) is 5.91 Å². The fraction of sp³-hybridized carbons (Fsp3) is 0.188. The number of halogens is 1. The quantitative estimate of drug-likeness (QED) is 0.850. The summed E-state index contributed by atoms with van der Waals surface area (Å²) in [7, 11) is 0. The lowest BCUT2D eigenvalue weighted by molar-refractivity contribution is -0.118. The maximum absolute atomic E-state index is 12.9. The van der Waals surface area contributed by atoms with Gasteiger partial charge in [-0.05, 0) is 43.2 Å². The minimum absolute atomic E-state index is 0.136. The molecule has 0 aliphatic carbocycles. The zero-order valence-electron chi connectivity index (χ0n) is 11.9. The molecule has 0 spiro atoms. The molecule has 0 aliphatic rings. The number of carbonyl (C=O) groups is 1. The van der Waals surface area contributed by atoms with Crippen LogP contribution in [-0.2, 0) is 4.79 Å². The van der Waals surface area contributed by atoms with Crippen LogP contribution in [0.3, 0.4) is 0 Å². The van der Waals surface area contributed by atoms with Gasteiger partial charge in [0, 0.05) is 0 Å². The molecule has 2 aromatic carbocycles. The highest BCUT2D eigenvalue weighted by Crippen LogP contribution is 2.23. The Bertz CT molecular complexity index is 651. The molecule has 0 fully saturated rings. The number of nitrogens with one attached hydrogen (secondary N) is 1. The zero-order valence-corrected chi connectivity index (χ0v) is 11.9. The van der Waals surface area contributed by atoms with Crippen molar-refractivity contribution >= 4 is 17.3 Å². The Labute approximate surface area is 122 Å². The highest BCUT2D eigenvalue weighted by molar-refractivity contribution is 5.94. The van der Waals surface area contributed by atoms with Crippen LogP contribution in [0.2, 0.25) is 0 Å². The van der Waals surface area contributed by atoms with Crippen molar-refractivity contribution in [2.75, 3.05) is 17.7 Å². The summed E-state index contributed by atoms with van der Waals surface area (Å²) in [4.78, 5) is 11.9. The fourth-order valence-corrected chi connectivity index (χ4v) is 2.00. The summed E-state index contributed by atoms with van der Waals surface area (Å²) in [5.41, 5.74) is 8.10. The molecule has 5 heteroatoms. The van der Waals surface area contributed by atoms with Crippen molar-refractivity contribution in [1.29, 1.82) is 0 Å². The molecule has 1 amide bonds. The number of nitrogens with two attached hydrogens (primary N) is 1. The Balaban J connectivity index is 1.99. The Morgan fingerprint density at radius 3 is 2.52 bits per heavy atom. The summed E-state index contributed by atoms with van der Waals surface area (Å²) >= 11 is 0. The second-order valence-electron chi connectivity index (χ2n) is 4.79. The molecule has 4 nitrogen and oxygen atoms in total. The maximum Gasteiger partial charge on any atom is 0.262 e. The summed E-state index contributed by atoms with van der Waals surface area (Å²) in [6, 6.07) is 9.56. The number of carbonyl (C=O) groups excluding carboxylic acids is 1. The molecule has 0 heterocycles. The number of para-hydroxylation sites is 1. The molecule has 0 radical (unpaired) electrons. The van der Waals surface area contributed by atoms with Crippen LogP contribution < -0.4 is 15.8 Å². The molecule has 21 heavy (non-hydrogen) atoms. The normalized spacial score (nSPS) is 10.2. The molecule has 0 atom stereocenters. The van der Waals surface area contributed by atoms with Crippen LogP contribution in [0.1, 0.15) is 11.1 Å². The van der Waals surface area contributed by atoms with Crippen molar-refractivity contribution in [3.8, 4) is 5.75 Å². The summed E-state index contributed by atoms with van der Waals surface area (Å²) in [6.45, 7) is 3.69. The molecule has 0 saturated carbocycles. The van der Waals surface area contributed by atoms with Crippen LogP contribution in [0.4, 0.5) is 15.8 Å². The van der Waals surface area contributed by atoms with E-state index in [9.17, 15) is 9.18 Å². The Kier molecular flexibility index (Phi) is 4.42. The second-order valence-corrected chi connectivity index (χ2v) is 4.79. The van der Waals surface area contributed by atoms with E-state index < -0.39 is 5.82 Å². The van der Waals surface area contributed by atoms with E-state index in [1.807, 2.05) is 32.0 Å². The van der Waals surface area contributed by atoms with Gasteiger partial charge >= 0.3 is 0 Å². The molecule has 0 bridgehead atoms. The molecule has 3 N–H and O–H groups in total. The van der Waals surface area contributed by atoms with Gasteiger partial charge in [0.1, 0.15) is 11.6 Å². The van der Waals surface area contributed by atoms with Crippen LogP contribution in [0.25, 0.3) is 0 Å². The Hall–Kier alpha value is -2.56. The molecule has 0 unspecified atom stereocenters. The second kappa shape index (κ2) is 6.26. The monoisotopic (exact) mass is 288 g/mol. The van der Waals surface area contributed by atoms with Gasteiger partial charge in [-0.1, -0.05) is 18.2 Å². The Morgan fingerprint density at radius 1 is 1.24 bits per heavy atom. The third-order valence-electron chi connectivity index (χ3n) is 3.04. The molecule has 0 aromatic heterocycles. The van der Waals surface area contributed by atoms with Crippen LogP contribution in [0, 0.1) is 19.7 Å². The predicted octanol–water partition coefficient (Wildman–Crippen LogP) is 3.04. The third kappa shape index (κ3) is 3.72. The van der Waals surface area contributed by atoms with E-state index in [2.05, 4.69) is 5.32 Å². The van der Waals surface area contributed by atoms with E-state index in [1.54, 1.807) is 0 Å². The molecule has 0 saturated heterocycles. The van der Waals surface area contributed by atoms with Crippen molar-refractivity contribution in [2.24, 2.45) is 0 Å². The van der Waals surface area contributed by atoms with Gasteiger partial charge in [0.2, 0.25) is 0 Å². The summed E-state index contributed by atoms with van der Waals surface area (Å²) in [5, 5.41) is 2.59. The standard InChI is InChI=1S/C16H17FN2O2/c1-10-4-3-5-11(2)16(10)21-9-15(20)19-14-7-6-12(17)8-13(14)18/h3-8H,9,18H2,1-2H3,(H,19,20). The average molecular weight is 288 g/mol. The summed E-state index contributed by atoms with van der Waals surface area (Å²) in [5.74, 6) is -0.104. The van der Waals surface area contributed by atoms with Crippen molar-refractivity contribution < 1.29 is 13.9 Å². The van der Waals surface area contributed by atoms with E-state index >= 15 is 0 Å². The minimum Gasteiger partial charge on any atom is -0.483 e.